The molecule has 0 atom stereocenters. The molecule has 0 saturated heterocycles. The van der Waals surface area contributed by atoms with Crippen LogP contribution in [0.15, 0.2) is 35.1 Å². The lowest BCUT2D eigenvalue weighted by Gasteiger charge is -2.27. The summed E-state index contributed by atoms with van der Waals surface area (Å²) in [5, 5.41) is 0. The molecule has 3 rings (SSSR count). The average molecular weight is 283 g/mol. The van der Waals surface area contributed by atoms with Crippen LogP contribution in [0.5, 0.6) is 0 Å². The number of nitrogens with zero attached hydrogens (tertiary/aromatic N) is 2. The maximum Gasteiger partial charge on any atom is 0.254 e. The molecule has 0 amide bonds. The molecule has 0 aliphatic carbocycles. The summed E-state index contributed by atoms with van der Waals surface area (Å²) in [6, 6.07) is 9.84. The summed E-state index contributed by atoms with van der Waals surface area (Å²) in [5.74, 6) is 0.677. The van der Waals surface area contributed by atoms with Gasteiger partial charge in [-0.25, -0.2) is 4.98 Å². The van der Waals surface area contributed by atoms with Crippen LogP contribution in [0.3, 0.4) is 0 Å². The maximum absolute atomic E-state index is 12.3. The Bertz CT molecular complexity index is 663. The van der Waals surface area contributed by atoms with Gasteiger partial charge in [0.05, 0.1) is 5.69 Å². The first-order chi connectivity index (χ1) is 10.3. The molecule has 0 bridgehead atoms. The summed E-state index contributed by atoms with van der Waals surface area (Å²) in [6.07, 6.45) is 3.20. The molecule has 0 radical (unpaired) electrons. The number of rotatable bonds is 4. The van der Waals surface area contributed by atoms with E-state index >= 15 is 0 Å². The lowest BCUT2D eigenvalue weighted by molar-refractivity contribution is 0.245. The molecule has 2 heterocycles. The van der Waals surface area contributed by atoms with E-state index in [1.54, 1.807) is 0 Å². The third-order valence-corrected chi connectivity index (χ3v) is 4.03. The van der Waals surface area contributed by atoms with Crippen molar-refractivity contribution < 1.29 is 0 Å². The second-order valence-corrected chi connectivity index (χ2v) is 5.59. The number of fused-ring (bicyclic) bond motifs is 1. The van der Waals surface area contributed by atoms with Gasteiger partial charge in [0.15, 0.2) is 0 Å². The molecule has 0 saturated carbocycles. The highest BCUT2D eigenvalue weighted by Gasteiger charge is 2.20. The molecule has 2 aromatic rings. The Morgan fingerprint density at radius 2 is 2.10 bits per heavy atom. The number of hydrogen-bond donors (Lipinski definition) is 1. The molecule has 1 aromatic carbocycles. The molecule has 1 aliphatic rings. The number of nitrogens with one attached hydrogen (secondary N) is 1. The summed E-state index contributed by atoms with van der Waals surface area (Å²) in [7, 11) is 0. The highest BCUT2D eigenvalue weighted by Crippen LogP contribution is 2.18. The van der Waals surface area contributed by atoms with Crippen molar-refractivity contribution >= 4 is 0 Å². The van der Waals surface area contributed by atoms with Crippen LogP contribution in [-0.2, 0) is 13.0 Å². The number of benzene rings is 1. The predicted molar refractivity (Wildman–Crippen MR) is 84.2 cm³/mol. The Morgan fingerprint density at radius 1 is 1.29 bits per heavy atom. The highest BCUT2D eigenvalue weighted by atomic mass is 16.1. The zero-order valence-electron chi connectivity index (χ0n) is 12.4. The van der Waals surface area contributed by atoms with Gasteiger partial charge in [-0.2, -0.15) is 0 Å². The zero-order chi connectivity index (χ0) is 14.7. The summed E-state index contributed by atoms with van der Waals surface area (Å²) in [5.41, 5.74) is 2.79. The SMILES string of the molecule is CCCCN1CCc2c(nc(-c3ccccc3)[nH]c2=O)C1. The minimum absolute atomic E-state index is 0.0222. The van der Waals surface area contributed by atoms with E-state index in [0.717, 1.165) is 42.9 Å². The van der Waals surface area contributed by atoms with Gasteiger partial charge >= 0.3 is 0 Å². The molecule has 0 unspecified atom stereocenters. The Hall–Kier alpha value is -1.94. The largest absolute Gasteiger partial charge is 0.306 e. The van der Waals surface area contributed by atoms with E-state index in [2.05, 4.69) is 16.8 Å². The molecular formula is C17H21N3O. The van der Waals surface area contributed by atoms with Crippen molar-refractivity contribution in [2.24, 2.45) is 0 Å². The fourth-order valence-corrected chi connectivity index (χ4v) is 2.80. The molecule has 1 aromatic heterocycles. The van der Waals surface area contributed by atoms with Crippen LogP contribution < -0.4 is 5.56 Å². The number of hydrogen-bond acceptors (Lipinski definition) is 3. The van der Waals surface area contributed by atoms with Crippen LogP contribution in [0.1, 0.15) is 31.0 Å². The summed E-state index contributed by atoms with van der Waals surface area (Å²) in [6.45, 7) is 5.04. The van der Waals surface area contributed by atoms with Gasteiger partial charge < -0.3 is 4.98 Å². The molecule has 21 heavy (non-hydrogen) atoms. The number of aromatic amines is 1. The van der Waals surface area contributed by atoms with Gasteiger partial charge in [0.1, 0.15) is 5.82 Å². The van der Waals surface area contributed by atoms with Gasteiger partial charge in [0.2, 0.25) is 0 Å². The summed E-state index contributed by atoms with van der Waals surface area (Å²) in [4.78, 5) is 22.3. The lowest BCUT2D eigenvalue weighted by Crippen LogP contribution is -2.35. The number of H-pyrrole nitrogens is 1. The third-order valence-electron chi connectivity index (χ3n) is 4.03. The minimum Gasteiger partial charge on any atom is -0.306 e. The molecule has 1 N–H and O–H groups in total. The van der Waals surface area contributed by atoms with Gasteiger partial charge in [0.25, 0.3) is 5.56 Å². The molecule has 4 nitrogen and oxygen atoms in total. The molecule has 4 heteroatoms. The van der Waals surface area contributed by atoms with E-state index in [9.17, 15) is 4.79 Å². The molecule has 110 valence electrons. The predicted octanol–water partition coefficient (Wildman–Crippen LogP) is 2.60. The van der Waals surface area contributed by atoms with Crippen LogP contribution in [0.4, 0.5) is 0 Å². The van der Waals surface area contributed by atoms with Crippen molar-refractivity contribution in [3.05, 3.63) is 51.9 Å². The van der Waals surface area contributed by atoms with E-state index in [1.807, 2.05) is 30.3 Å². The van der Waals surface area contributed by atoms with Crippen LogP contribution in [0, 0.1) is 0 Å². The van der Waals surface area contributed by atoms with Gasteiger partial charge in [0, 0.05) is 24.2 Å². The fraction of sp³-hybridized carbons (Fsp3) is 0.412. The van der Waals surface area contributed by atoms with Crippen molar-refractivity contribution in [2.75, 3.05) is 13.1 Å². The van der Waals surface area contributed by atoms with Crippen molar-refractivity contribution in [3.63, 3.8) is 0 Å². The van der Waals surface area contributed by atoms with E-state index in [-0.39, 0.29) is 5.56 Å². The lowest BCUT2D eigenvalue weighted by atomic mass is 10.1. The van der Waals surface area contributed by atoms with Crippen LogP contribution in [0.25, 0.3) is 11.4 Å². The Kier molecular flexibility index (Phi) is 4.15. The van der Waals surface area contributed by atoms with Crippen LogP contribution >= 0.6 is 0 Å². The minimum atomic E-state index is 0.0222. The van der Waals surface area contributed by atoms with E-state index < -0.39 is 0 Å². The monoisotopic (exact) mass is 283 g/mol. The average Bonchev–Trinajstić information content (AvgIpc) is 2.53. The zero-order valence-corrected chi connectivity index (χ0v) is 12.4. The number of unbranched alkanes of at least 4 members (excludes halogenated alkanes) is 1. The molecule has 1 aliphatic heterocycles. The Morgan fingerprint density at radius 3 is 2.86 bits per heavy atom. The van der Waals surface area contributed by atoms with E-state index in [4.69, 9.17) is 4.98 Å². The Balaban J connectivity index is 1.91. The highest BCUT2D eigenvalue weighted by molar-refractivity contribution is 5.54. The molecule has 0 fully saturated rings. The summed E-state index contributed by atoms with van der Waals surface area (Å²) >= 11 is 0. The first-order valence-corrected chi connectivity index (χ1v) is 7.67. The van der Waals surface area contributed by atoms with E-state index in [0.29, 0.717) is 5.82 Å². The molecule has 0 spiro atoms. The van der Waals surface area contributed by atoms with Crippen molar-refractivity contribution in [1.29, 1.82) is 0 Å². The first kappa shape index (κ1) is 14.0. The van der Waals surface area contributed by atoms with Crippen LogP contribution in [-0.4, -0.2) is 28.0 Å². The van der Waals surface area contributed by atoms with Gasteiger partial charge in [-0.15, -0.1) is 0 Å². The first-order valence-electron chi connectivity index (χ1n) is 7.67. The fourth-order valence-electron chi connectivity index (χ4n) is 2.80. The smallest absolute Gasteiger partial charge is 0.254 e. The number of aromatic nitrogens is 2. The summed E-state index contributed by atoms with van der Waals surface area (Å²) < 4.78 is 0. The van der Waals surface area contributed by atoms with Crippen molar-refractivity contribution in [2.45, 2.75) is 32.7 Å². The van der Waals surface area contributed by atoms with Crippen molar-refractivity contribution in [1.82, 2.24) is 14.9 Å². The topological polar surface area (TPSA) is 49.0 Å². The molecular weight excluding hydrogens is 262 g/mol. The van der Waals surface area contributed by atoms with Gasteiger partial charge in [-0.05, 0) is 19.4 Å². The standard InChI is InChI=1S/C17H21N3O/c1-2-3-10-20-11-9-14-15(12-20)18-16(19-17(14)21)13-7-5-4-6-8-13/h4-8H,2-3,9-12H2,1H3,(H,18,19,21). The second kappa shape index (κ2) is 6.22. The Labute approximate surface area is 124 Å². The van der Waals surface area contributed by atoms with Crippen LogP contribution in [0.2, 0.25) is 0 Å². The van der Waals surface area contributed by atoms with Crippen molar-refractivity contribution in [3.8, 4) is 11.4 Å². The van der Waals surface area contributed by atoms with E-state index in [1.165, 1.54) is 12.8 Å². The quantitative estimate of drug-likeness (QED) is 0.938. The normalized spacial score (nSPS) is 14.9. The van der Waals surface area contributed by atoms with Gasteiger partial charge in [-0.3, -0.25) is 9.69 Å². The third kappa shape index (κ3) is 3.05. The van der Waals surface area contributed by atoms with Gasteiger partial charge in [-0.1, -0.05) is 43.7 Å². The maximum atomic E-state index is 12.3. The second-order valence-electron chi connectivity index (χ2n) is 5.59.